The van der Waals surface area contributed by atoms with Crippen LogP contribution < -0.4 is 5.32 Å². The van der Waals surface area contributed by atoms with E-state index in [1.54, 1.807) is 0 Å². The third-order valence-corrected chi connectivity index (χ3v) is 6.54. The number of benzene rings is 1. The molecule has 1 fully saturated rings. The molecule has 0 atom stereocenters. The maximum absolute atomic E-state index is 13.5. The van der Waals surface area contributed by atoms with E-state index in [1.165, 1.54) is 6.42 Å². The molecule has 2 amide bonds. The number of likely N-dealkylation sites (tertiary alicyclic amines) is 1. The monoisotopic (exact) mass is 442 g/mol. The van der Waals surface area contributed by atoms with Gasteiger partial charge in [0.1, 0.15) is 0 Å². The Labute approximate surface area is 188 Å². The van der Waals surface area contributed by atoms with Gasteiger partial charge in [0.2, 0.25) is 5.91 Å². The summed E-state index contributed by atoms with van der Waals surface area (Å²) in [6.45, 7) is 5.13. The summed E-state index contributed by atoms with van der Waals surface area (Å²) >= 11 is 6.07. The van der Waals surface area contributed by atoms with Crippen molar-refractivity contribution in [2.75, 3.05) is 13.1 Å². The summed E-state index contributed by atoms with van der Waals surface area (Å²) in [4.78, 5) is 27.7. The maximum atomic E-state index is 13.5. The standard InChI is InChI=1S/C24H31ClN4O2/c1-16(2)26-23(30)17-12-14-28(15-13-17)24(31)22-20-6-4-3-5-7-21(20)29(27-22)19-10-8-18(25)9-11-19/h8-11,16-17H,3-7,12-15H2,1-2H3,(H,26,30). The van der Waals surface area contributed by atoms with Crippen LogP contribution in [0.1, 0.15) is 67.7 Å². The van der Waals surface area contributed by atoms with E-state index < -0.39 is 0 Å². The molecule has 1 aromatic carbocycles. The van der Waals surface area contributed by atoms with Gasteiger partial charge in [-0.25, -0.2) is 4.68 Å². The van der Waals surface area contributed by atoms with Crippen molar-refractivity contribution in [2.24, 2.45) is 5.92 Å². The number of amides is 2. The fraction of sp³-hybridized carbons (Fsp3) is 0.542. The first kappa shape index (κ1) is 21.9. The van der Waals surface area contributed by atoms with Crippen molar-refractivity contribution in [1.29, 1.82) is 0 Å². The van der Waals surface area contributed by atoms with Crippen LogP contribution in [0, 0.1) is 5.92 Å². The molecule has 4 rings (SSSR count). The van der Waals surface area contributed by atoms with Crippen LogP contribution in [0.3, 0.4) is 0 Å². The van der Waals surface area contributed by atoms with E-state index in [0.717, 1.165) is 42.6 Å². The number of hydrogen-bond acceptors (Lipinski definition) is 3. The molecule has 0 bridgehead atoms. The van der Waals surface area contributed by atoms with E-state index in [9.17, 15) is 9.59 Å². The van der Waals surface area contributed by atoms with Gasteiger partial charge < -0.3 is 10.2 Å². The number of aromatic nitrogens is 2. The Hall–Kier alpha value is -2.34. The van der Waals surface area contributed by atoms with Gasteiger partial charge in [0.15, 0.2) is 5.69 Å². The highest BCUT2D eigenvalue weighted by atomic mass is 35.5. The fourth-order valence-electron chi connectivity index (χ4n) is 4.64. The molecular formula is C24H31ClN4O2. The lowest BCUT2D eigenvalue weighted by molar-refractivity contribution is -0.126. The second kappa shape index (κ2) is 9.43. The Morgan fingerprint density at radius 3 is 2.42 bits per heavy atom. The van der Waals surface area contributed by atoms with Crippen LogP contribution in [-0.2, 0) is 17.6 Å². The minimum atomic E-state index is -0.0183. The molecule has 0 radical (unpaired) electrons. The summed E-state index contributed by atoms with van der Waals surface area (Å²) in [7, 11) is 0. The number of rotatable bonds is 4. The van der Waals surface area contributed by atoms with Gasteiger partial charge in [-0.15, -0.1) is 0 Å². The van der Waals surface area contributed by atoms with Crippen LogP contribution in [0.5, 0.6) is 0 Å². The Bertz CT molecular complexity index is 943. The molecule has 0 spiro atoms. The van der Waals surface area contributed by atoms with E-state index in [-0.39, 0.29) is 23.8 Å². The number of nitrogens with one attached hydrogen (secondary N) is 1. The quantitative estimate of drug-likeness (QED) is 0.722. The first-order valence-electron chi connectivity index (χ1n) is 11.4. The van der Waals surface area contributed by atoms with Crippen LogP contribution >= 0.6 is 11.6 Å². The van der Waals surface area contributed by atoms with Crippen molar-refractivity contribution < 1.29 is 9.59 Å². The van der Waals surface area contributed by atoms with E-state index in [0.29, 0.717) is 36.6 Å². The lowest BCUT2D eigenvalue weighted by Gasteiger charge is -2.31. The Kier molecular flexibility index (Phi) is 6.65. The number of nitrogens with zero attached hydrogens (tertiary/aromatic N) is 3. The molecule has 31 heavy (non-hydrogen) atoms. The summed E-state index contributed by atoms with van der Waals surface area (Å²) in [5.74, 6) is 0.0757. The second-order valence-electron chi connectivity index (χ2n) is 8.95. The summed E-state index contributed by atoms with van der Waals surface area (Å²) in [5, 5.41) is 8.48. The van der Waals surface area contributed by atoms with E-state index in [2.05, 4.69) is 5.32 Å². The average Bonchev–Trinajstić information content (AvgIpc) is 2.94. The molecule has 2 aromatic rings. The normalized spacial score (nSPS) is 17.4. The van der Waals surface area contributed by atoms with Gasteiger partial charge in [-0.05, 0) is 76.6 Å². The van der Waals surface area contributed by atoms with Crippen molar-refractivity contribution in [3.8, 4) is 5.69 Å². The smallest absolute Gasteiger partial charge is 0.274 e. The predicted molar refractivity (Wildman–Crippen MR) is 122 cm³/mol. The van der Waals surface area contributed by atoms with Crippen LogP contribution in [0.15, 0.2) is 24.3 Å². The zero-order valence-corrected chi connectivity index (χ0v) is 19.1. The molecular weight excluding hydrogens is 412 g/mol. The molecule has 166 valence electrons. The Morgan fingerprint density at radius 1 is 1.06 bits per heavy atom. The molecule has 0 unspecified atom stereocenters. The summed E-state index contributed by atoms with van der Waals surface area (Å²) in [6.07, 6.45) is 6.56. The minimum Gasteiger partial charge on any atom is -0.354 e. The third-order valence-electron chi connectivity index (χ3n) is 6.29. The second-order valence-corrected chi connectivity index (χ2v) is 9.39. The van der Waals surface area contributed by atoms with Crippen LogP contribution in [0.25, 0.3) is 5.69 Å². The molecule has 1 aromatic heterocycles. The molecule has 2 heterocycles. The first-order chi connectivity index (χ1) is 14.9. The van der Waals surface area contributed by atoms with Gasteiger partial charge in [0, 0.05) is 41.3 Å². The van der Waals surface area contributed by atoms with Gasteiger partial charge >= 0.3 is 0 Å². The molecule has 1 aliphatic heterocycles. The van der Waals surface area contributed by atoms with Gasteiger partial charge in [-0.3, -0.25) is 9.59 Å². The SMILES string of the molecule is CC(C)NC(=O)C1CCN(C(=O)c2nn(-c3ccc(Cl)cc3)c3c2CCCCC3)CC1. The highest BCUT2D eigenvalue weighted by Gasteiger charge is 2.32. The largest absolute Gasteiger partial charge is 0.354 e. The highest BCUT2D eigenvalue weighted by Crippen LogP contribution is 2.29. The maximum Gasteiger partial charge on any atom is 0.274 e. The molecule has 1 saturated heterocycles. The van der Waals surface area contributed by atoms with Crippen LogP contribution in [-0.4, -0.2) is 45.6 Å². The van der Waals surface area contributed by atoms with Gasteiger partial charge in [0.25, 0.3) is 5.91 Å². The minimum absolute atomic E-state index is 0.00594. The lowest BCUT2D eigenvalue weighted by Crippen LogP contribution is -2.44. The summed E-state index contributed by atoms with van der Waals surface area (Å²) < 4.78 is 1.94. The summed E-state index contributed by atoms with van der Waals surface area (Å²) in [6, 6.07) is 7.76. The van der Waals surface area contributed by atoms with Crippen molar-refractivity contribution in [3.05, 3.63) is 46.2 Å². The number of carbonyl (C=O) groups excluding carboxylic acids is 2. The van der Waals surface area contributed by atoms with Crippen molar-refractivity contribution in [2.45, 2.75) is 64.8 Å². The van der Waals surface area contributed by atoms with Gasteiger partial charge in [-0.1, -0.05) is 18.0 Å². The number of halogens is 1. The number of fused-ring (bicyclic) bond motifs is 1. The lowest BCUT2D eigenvalue weighted by atomic mass is 9.95. The summed E-state index contributed by atoms with van der Waals surface area (Å²) in [5.41, 5.74) is 3.76. The van der Waals surface area contributed by atoms with E-state index >= 15 is 0 Å². The zero-order chi connectivity index (χ0) is 22.0. The molecule has 0 saturated carbocycles. The van der Waals surface area contributed by atoms with Crippen LogP contribution in [0.2, 0.25) is 5.02 Å². The van der Waals surface area contributed by atoms with Gasteiger partial charge in [-0.2, -0.15) is 5.10 Å². The molecule has 2 aliphatic rings. The topological polar surface area (TPSA) is 67.2 Å². The fourth-order valence-corrected chi connectivity index (χ4v) is 4.77. The Balaban J connectivity index is 1.56. The Morgan fingerprint density at radius 2 is 1.74 bits per heavy atom. The number of hydrogen-bond donors (Lipinski definition) is 1. The molecule has 1 aliphatic carbocycles. The average molecular weight is 443 g/mol. The molecule has 1 N–H and O–H groups in total. The van der Waals surface area contributed by atoms with Crippen molar-refractivity contribution >= 4 is 23.4 Å². The number of piperidine rings is 1. The van der Waals surface area contributed by atoms with Crippen LogP contribution in [0.4, 0.5) is 0 Å². The highest BCUT2D eigenvalue weighted by molar-refractivity contribution is 6.30. The van der Waals surface area contributed by atoms with E-state index in [4.69, 9.17) is 16.7 Å². The predicted octanol–water partition coefficient (Wildman–Crippen LogP) is 4.17. The molecule has 6 nitrogen and oxygen atoms in total. The van der Waals surface area contributed by atoms with Gasteiger partial charge in [0.05, 0.1) is 5.69 Å². The van der Waals surface area contributed by atoms with Crippen molar-refractivity contribution in [3.63, 3.8) is 0 Å². The number of carbonyl (C=O) groups is 2. The third kappa shape index (κ3) is 4.79. The van der Waals surface area contributed by atoms with Crippen molar-refractivity contribution in [1.82, 2.24) is 20.0 Å². The first-order valence-corrected chi connectivity index (χ1v) is 11.8. The van der Waals surface area contributed by atoms with E-state index in [1.807, 2.05) is 47.7 Å². The molecule has 7 heteroatoms. The zero-order valence-electron chi connectivity index (χ0n) is 18.4.